The highest BCUT2D eigenvalue weighted by atomic mass is 79.9. The number of aryl methyl sites for hydroxylation is 1. The highest BCUT2D eigenvalue weighted by molar-refractivity contribution is 9.10. The second-order valence-electron chi connectivity index (χ2n) is 3.49. The quantitative estimate of drug-likeness (QED) is 0.540. The van der Waals surface area contributed by atoms with Crippen molar-refractivity contribution in [3.05, 3.63) is 27.7 Å². The van der Waals surface area contributed by atoms with Crippen LogP contribution in [0.3, 0.4) is 0 Å². The zero-order valence-electron chi connectivity index (χ0n) is 9.48. The lowest BCUT2D eigenvalue weighted by Gasteiger charge is -2.14. The molecule has 1 aromatic carbocycles. The molecule has 1 aromatic rings. The molecule has 0 radical (unpaired) electrons. The Morgan fingerprint density at radius 1 is 1.22 bits per heavy atom. The van der Waals surface area contributed by atoms with Gasteiger partial charge in [-0.3, -0.25) is 4.74 Å². The van der Waals surface area contributed by atoms with Crippen molar-refractivity contribution in [2.24, 2.45) is 0 Å². The summed E-state index contributed by atoms with van der Waals surface area (Å²) in [6.07, 6.45) is -4.61. The van der Waals surface area contributed by atoms with Gasteiger partial charge in [-0.25, -0.2) is 0 Å². The van der Waals surface area contributed by atoms with Gasteiger partial charge in [-0.2, -0.15) is 0 Å². The average molecular weight is 392 g/mol. The summed E-state index contributed by atoms with van der Waals surface area (Å²) in [5.74, 6) is 0.584. The molecule has 0 aromatic heterocycles. The largest absolute Gasteiger partial charge is 0.522 e. The number of ether oxygens (including phenoxy) is 2. The normalized spacial score (nSPS) is 11.7. The molecule has 7 heteroatoms. The van der Waals surface area contributed by atoms with Crippen molar-refractivity contribution >= 4 is 31.9 Å². The molecule has 0 fully saturated rings. The van der Waals surface area contributed by atoms with E-state index in [0.717, 1.165) is 15.6 Å². The summed E-state index contributed by atoms with van der Waals surface area (Å²) in [6, 6.07) is 3.69. The summed E-state index contributed by atoms with van der Waals surface area (Å²) < 4.78 is 45.2. The van der Waals surface area contributed by atoms with Gasteiger partial charge in [0, 0.05) is 15.4 Å². The fourth-order valence-electron chi connectivity index (χ4n) is 1.41. The third-order valence-corrected chi connectivity index (χ3v) is 3.12. The van der Waals surface area contributed by atoms with Crippen molar-refractivity contribution in [3.8, 4) is 5.75 Å². The zero-order valence-corrected chi connectivity index (χ0v) is 12.7. The molecule has 0 aliphatic heterocycles. The minimum atomic E-state index is -4.61. The van der Waals surface area contributed by atoms with Crippen molar-refractivity contribution < 1.29 is 22.6 Å². The van der Waals surface area contributed by atoms with Crippen molar-refractivity contribution in [1.29, 1.82) is 0 Å². The number of halogens is 5. The highest BCUT2D eigenvalue weighted by Crippen LogP contribution is 2.29. The van der Waals surface area contributed by atoms with Gasteiger partial charge in [-0.05, 0) is 24.6 Å². The summed E-state index contributed by atoms with van der Waals surface area (Å²) in [6.45, 7) is 1.15. The van der Waals surface area contributed by atoms with E-state index in [4.69, 9.17) is 4.74 Å². The van der Waals surface area contributed by atoms with E-state index in [2.05, 4.69) is 36.6 Å². The molecule has 18 heavy (non-hydrogen) atoms. The van der Waals surface area contributed by atoms with Crippen LogP contribution in [0.4, 0.5) is 13.2 Å². The molecule has 0 saturated heterocycles. The van der Waals surface area contributed by atoms with Gasteiger partial charge in [0.25, 0.3) is 0 Å². The van der Waals surface area contributed by atoms with Crippen LogP contribution in [-0.4, -0.2) is 19.6 Å². The maximum Gasteiger partial charge on any atom is 0.522 e. The van der Waals surface area contributed by atoms with Gasteiger partial charge in [0.15, 0.2) is 0 Å². The lowest BCUT2D eigenvalue weighted by Crippen LogP contribution is -2.18. The van der Waals surface area contributed by atoms with Crippen molar-refractivity contribution in [2.75, 3.05) is 13.2 Å². The van der Waals surface area contributed by atoms with Crippen molar-refractivity contribution in [2.45, 2.75) is 18.6 Å². The van der Waals surface area contributed by atoms with Gasteiger partial charge in [-0.15, -0.1) is 13.2 Å². The van der Waals surface area contributed by atoms with Gasteiger partial charge in [0.1, 0.15) is 12.4 Å². The van der Waals surface area contributed by atoms with Crippen molar-refractivity contribution in [1.82, 2.24) is 0 Å². The number of rotatable bonds is 5. The Hall–Kier alpha value is -0.270. The van der Waals surface area contributed by atoms with E-state index in [9.17, 15) is 13.2 Å². The summed E-state index contributed by atoms with van der Waals surface area (Å²) in [5, 5.41) is 0.558. The van der Waals surface area contributed by atoms with Gasteiger partial charge in [-0.1, -0.05) is 31.9 Å². The van der Waals surface area contributed by atoms with Crippen molar-refractivity contribution in [3.63, 3.8) is 0 Å². The van der Waals surface area contributed by atoms with Gasteiger partial charge >= 0.3 is 6.36 Å². The Labute approximate surface area is 120 Å². The smallest absolute Gasteiger partial charge is 0.491 e. The Bertz CT molecular complexity index is 408. The van der Waals surface area contributed by atoms with Crippen LogP contribution < -0.4 is 4.74 Å². The molecule has 0 saturated carbocycles. The van der Waals surface area contributed by atoms with Gasteiger partial charge in [0.2, 0.25) is 0 Å². The molecule has 0 heterocycles. The fraction of sp³-hybridized carbons (Fsp3) is 0.455. The standard InChI is InChI=1S/C11H11Br2F3O2/c1-7-4-9(13)5-8(6-12)10(7)17-2-3-18-11(14,15)16/h4-5H,2-3,6H2,1H3. The summed E-state index contributed by atoms with van der Waals surface area (Å²) in [4.78, 5) is 0. The first kappa shape index (κ1) is 15.8. The Balaban J connectivity index is 2.62. The first-order chi connectivity index (χ1) is 8.33. The van der Waals surface area contributed by atoms with Crippen LogP contribution in [0.25, 0.3) is 0 Å². The van der Waals surface area contributed by atoms with Crippen LogP contribution in [0.2, 0.25) is 0 Å². The molecule has 102 valence electrons. The monoisotopic (exact) mass is 390 g/mol. The van der Waals surface area contributed by atoms with E-state index in [1.807, 2.05) is 19.1 Å². The maximum absolute atomic E-state index is 11.8. The summed E-state index contributed by atoms with van der Waals surface area (Å²) in [7, 11) is 0. The lowest BCUT2D eigenvalue weighted by atomic mass is 10.1. The molecular weight excluding hydrogens is 381 g/mol. The average Bonchev–Trinajstić information content (AvgIpc) is 2.24. The second kappa shape index (κ2) is 6.77. The SMILES string of the molecule is Cc1cc(Br)cc(CBr)c1OCCOC(F)(F)F. The minimum absolute atomic E-state index is 0.151. The molecule has 2 nitrogen and oxygen atoms in total. The molecule has 0 atom stereocenters. The number of alkyl halides is 4. The number of hydrogen-bond donors (Lipinski definition) is 0. The topological polar surface area (TPSA) is 18.5 Å². The Morgan fingerprint density at radius 2 is 1.89 bits per heavy atom. The maximum atomic E-state index is 11.8. The summed E-state index contributed by atoms with van der Waals surface area (Å²) >= 11 is 6.65. The molecule has 0 spiro atoms. The first-order valence-corrected chi connectivity index (χ1v) is 6.93. The number of hydrogen-bond acceptors (Lipinski definition) is 2. The highest BCUT2D eigenvalue weighted by Gasteiger charge is 2.28. The molecule has 0 aliphatic carbocycles. The molecule has 0 unspecified atom stereocenters. The van der Waals surface area contributed by atoms with E-state index in [1.165, 1.54) is 0 Å². The number of benzene rings is 1. The van der Waals surface area contributed by atoms with E-state index in [1.54, 1.807) is 0 Å². The van der Waals surface area contributed by atoms with E-state index < -0.39 is 13.0 Å². The van der Waals surface area contributed by atoms with E-state index >= 15 is 0 Å². The van der Waals surface area contributed by atoms with E-state index in [0.29, 0.717) is 11.1 Å². The molecule has 0 aliphatic rings. The fourth-order valence-corrected chi connectivity index (χ4v) is 2.44. The molecule has 1 rings (SSSR count). The van der Waals surface area contributed by atoms with Crippen LogP contribution in [0.5, 0.6) is 5.75 Å². The summed E-state index contributed by atoms with van der Waals surface area (Å²) in [5.41, 5.74) is 1.72. The zero-order chi connectivity index (χ0) is 13.8. The van der Waals surface area contributed by atoms with Crippen LogP contribution in [0, 0.1) is 6.92 Å². The molecule has 0 bridgehead atoms. The Morgan fingerprint density at radius 3 is 2.44 bits per heavy atom. The lowest BCUT2D eigenvalue weighted by molar-refractivity contribution is -0.325. The van der Waals surface area contributed by atoms with Crippen LogP contribution in [-0.2, 0) is 10.1 Å². The minimum Gasteiger partial charge on any atom is -0.491 e. The molecule has 0 N–H and O–H groups in total. The second-order valence-corrected chi connectivity index (χ2v) is 4.96. The Kier molecular flexibility index (Phi) is 5.94. The predicted octanol–water partition coefficient (Wildman–Crippen LogP) is 4.57. The third kappa shape index (κ3) is 5.16. The van der Waals surface area contributed by atoms with E-state index in [-0.39, 0.29) is 6.61 Å². The third-order valence-electron chi connectivity index (χ3n) is 2.06. The van der Waals surface area contributed by atoms with Gasteiger partial charge in [0.05, 0.1) is 6.61 Å². The molecule has 0 amide bonds. The van der Waals surface area contributed by atoms with Crippen LogP contribution in [0.15, 0.2) is 16.6 Å². The first-order valence-electron chi connectivity index (χ1n) is 5.02. The van der Waals surface area contributed by atoms with Gasteiger partial charge < -0.3 is 4.74 Å². The predicted molar refractivity (Wildman–Crippen MR) is 69.0 cm³/mol. The van der Waals surface area contributed by atoms with Crippen LogP contribution in [0.1, 0.15) is 11.1 Å². The van der Waals surface area contributed by atoms with Crippen LogP contribution >= 0.6 is 31.9 Å². The molecular formula is C11H11Br2F3O2.